The lowest BCUT2D eigenvalue weighted by atomic mass is 10.4. The SMILES string of the molecule is Cc1nn(C)c(C)c1S(=O)(=O)N(Cc1ccco1)c1ccccn1. The van der Waals surface area contributed by atoms with Gasteiger partial charge in [-0.3, -0.25) is 4.68 Å². The smallest absolute Gasteiger partial charge is 0.269 e. The number of sulfonamides is 1. The number of hydrogen-bond acceptors (Lipinski definition) is 5. The number of anilines is 1. The van der Waals surface area contributed by atoms with Crippen molar-refractivity contribution >= 4 is 15.8 Å². The number of rotatable bonds is 5. The van der Waals surface area contributed by atoms with E-state index < -0.39 is 10.0 Å². The summed E-state index contributed by atoms with van der Waals surface area (Å²) in [7, 11) is -2.12. The van der Waals surface area contributed by atoms with Crippen molar-refractivity contribution in [3.8, 4) is 0 Å². The second-order valence-electron chi connectivity index (χ2n) is 5.40. The number of furan rings is 1. The Hall–Kier alpha value is -2.61. The second kappa shape index (κ2) is 6.12. The molecule has 7 nitrogen and oxygen atoms in total. The molecule has 0 radical (unpaired) electrons. The molecule has 24 heavy (non-hydrogen) atoms. The minimum absolute atomic E-state index is 0.0557. The molecule has 0 saturated carbocycles. The highest BCUT2D eigenvalue weighted by atomic mass is 32.2. The van der Waals surface area contributed by atoms with Crippen molar-refractivity contribution in [3.63, 3.8) is 0 Å². The van der Waals surface area contributed by atoms with Crippen LogP contribution in [0.1, 0.15) is 17.1 Å². The molecule has 3 heterocycles. The highest BCUT2D eigenvalue weighted by Crippen LogP contribution is 2.28. The fourth-order valence-corrected chi connectivity index (χ4v) is 4.36. The van der Waals surface area contributed by atoms with Gasteiger partial charge < -0.3 is 4.42 Å². The van der Waals surface area contributed by atoms with E-state index in [1.165, 1.54) is 10.6 Å². The average molecular weight is 346 g/mol. The molecule has 0 N–H and O–H groups in total. The molecular formula is C16H18N4O3S. The zero-order chi connectivity index (χ0) is 17.3. The lowest BCUT2D eigenvalue weighted by Crippen LogP contribution is -2.32. The molecule has 0 fully saturated rings. The van der Waals surface area contributed by atoms with Gasteiger partial charge in [-0.05, 0) is 38.1 Å². The molecule has 0 bridgehead atoms. The van der Waals surface area contributed by atoms with Gasteiger partial charge in [0.05, 0.1) is 24.2 Å². The molecule has 0 saturated heterocycles. The van der Waals surface area contributed by atoms with Crippen LogP contribution in [0.5, 0.6) is 0 Å². The Bertz CT molecular complexity index is 931. The maximum atomic E-state index is 13.3. The average Bonchev–Trinajstić information content (AvgIpc) is 3.14. The molecule has 0 atom stereocenters. The van der Waals surface area contributed by atoms with E-state index in [4.69, 9.17) is 4.42 Å². The number of nitrogens with zero attached hydrogens (tertiary/aromatic N) is 4. The third kappa shape index (κ3) is 2.80. The first-order chi connectivity index (χ1) is 11.4. The lowest BCUT2D eigenvalue weighted by molar-refractivity contribution is 0.508. The monoisotopic (exact) mass is 346 g/mol. The van der Waals surface area contributed by atoms with E-state index in [2.05, 4.69) is 10.1 Å². The highest BCUT2D eigenvalue weighted by molar-refractivity contribution is 7.92. The Morgan fingerprint density at radius 3 is 2.54 bits per heavy atom. The largest absolute Gasteiger partial charge is 0.467 e. The maximum Gasteiger partial charge on any atom is 0.269 e. The standard InChI is InChI=1S/C16H18N4O3S/c1-12-16(13(2)19(3)18-12)24(21,22)20(11-14-7-6-10-23-14)15-8-4-5-9-17-15/h4-10H,11H2,1-3H3. The summed E-state index contributed by atoms with van der Waals surface area (Å²) in [5.41, 5.74) is 1.03. The van der Waals surface area contributed by atoms with Crippen LogP contribution in [-0.4, -0.2) is 23.2 Å². The first kappa shape index (κ1) is 16.3. The van der Waals surface area contributed by atoms with Crippen LogP contribution in [0.15, 0.2) is 52.1 Å². The van der Waals surface area contributed by atoms with E-state index in [1.807, 2.05) is 0 Å². The summed E-state index contributed by atoms with van der Waals surface area (Å²) in [5, 5.41) is 4.22. The van der Waals surface area contributed by atoms with Gasteiger partial charge in [-0.15, -0.1) is 0 Å². The minimum Gasteiger partial charge on any atom is -0.467 e. The predicted molar refractivity (Wildman–Crippen MR) is 89.0 cm³/mol. The van der Waals surface area contributed by atoms with Crippen molar-refractivity contribution in [3.05, 3.63) is 59.9 Å². The highest BCUT2D eigenvalue weighted by Gasteiger charge is 2.32. The summed E-state index contributed by atoms with van der Waals surface area (Å²) in [6.07, 6.45) is 3.07. The van der Waals surface area contributed by atoms with E-state index in [0.717, 1.165) is 0 Å². The number of aryl methyl sites for hydroxylation is 2. The summed E-state index contributed by atoms with van der Waals surface area (Å²) in [6, 6.07) is 8.59. The van der Waals surface area contributed by atoms with Gasteiger partial charge in [0.15, 0.2) is 0 Å². The minimum atomic E-state index is -3.84. The number of aromatic nitrogens is 3. The van der Waals surface area contributed by atoms with E-state index >= 15 is 0 Å². The number of hydrogen-bond donors (Lipinski definition) is 0. The summed E-state index contributed by atoms with van der Waals surface area (Å²) in [4.78, 5) is 4.39. The second-order valence-corrected chi connectivity index (χ2v) is 7.20. The van der Waals surface area contributed by atoms with Crippen molar-refractivity contribution in [2.24, 2.45) is 7.05 Å². The third-order valence-corrected chi connectivity index (χ3v) is 5.78. The molecule has 126 valence electrons. The summed E-state index contributed by atoms with van der Waals surface area (Å²) >= 11 is 0. The van der Waals surface area contributed by atoms with Crippen LogP contribution < -0.4 is 4.31 Å². The van der Waals surface area contributed by atoms with Crippen LogP contribution >= 0.6 is 0 Å². The van der Waals surface area contributed by atoms with Gasteiger partial charge in [-0.2, -0.15) is 5.10 Å². The van der Waals surface area contributed by atoms with Crippen molar-refractivity contribution in [2.45, 2.75) is 25.3 Å². The molecule has 0 unspecified atom stereocenters. The zero-order valence-corrected chi connectivity index (χ0v) is 14.5. The van der Waals surface area contributed by atoms with Crippen LogP contribution in [0, 0.1) is 13.8 Å². The van der Waals surface area contributed by atoms with E-state index in [0.29, 0.717) is 23.0 Å². The Kier molecular flexibility index (Phi) is 4.15. The molecule has 0 spiro atoms. The molecular weight excluding hydrogens is 328 g/mol. The first-order valence-corrected chi connectivity index (χ1v) is 8.81. The topological polar surface area (TPSA) is 81.2 Å². The van der Waals surface area contributed by atoms with Crippen LogP contribution in [-0.2, 0) is 23.6 Å². The van der Waals surface area contributed by atoms with Crippen LogP contribution in [0.3, 0.4) is 0 Å². The lowest BCUT2D eigenvalue weighted by Gasteiger charge is -2.22. The maximum absolute atomic E-state index is 13.3. The van der Waals surface area contributed by atoms with E-state index in [1.54, 1.807) is 62.1 Å². The van der Waals surface area contributed by atoms with Gasteiger partial charge in [0, 0.05) is 13.2 Å². The summed E-state index contributed by atoms with van der Waals surface area (Å²) in [5.74, 6) is 0.861. The molecule has 0 amide bonds. The van der Waals surface area contributed by atoms with Gasteiger partial charge >= 0.3 is 0 Å². The molecule has 0 aliphatic carbocycles. The van der Waals surface area contributed by atoms with Gasteiger partial charge in [0.2, 0.25) is 0 Å². The van der Waals surface area contributed by atoms with Crippen molar-refractivity contribution in [1.82, 2.24) is 14.8 Å². The molecule has 8 heteroatoms. The summed E-state index contributed by atoms with van der Waals surface area (Å²) < 4.78 is 34.7. The van der Waals surface area contributed by atoms with E-state index in [-0.39, 0.29) is 11.4 Å². The molecule has 0 aliphatic heterocycles. The first-order valence-electron chi connectivity index (χ1n) is 7.37. The zero-order valence-electron chi connectivity index (χ0n) is 13.7. The van der Waals surface area contributed by atoms with Crippen LogP contribution in [0.25, 0.3) is 0 Å². The van der Waals surface area contributed by atoms with E-state index in [9.17, 15) is 8.42 Å². The van der Waals surface area contributed by atoms with Crippen molar-refractivity contribution in [1.29, 1.82) is 0 Å². The Morgan fingerprint density at radius 1 is 1.21 bits per heavy atom. The van der Waals surface area contributed by atoms with Crippen LogP contribution in [0.4, 0.5) is 5.82 Å². The fraction of sp³-hybridized carbons (Fsp3) is 0.250. The van der Waals surface area contributed by atoms with Crippen LogP contribution in [0.2, 0.25) is 0 Å². The van der Waals surface area contributed by atoms with Gasteiger partial charge in [-0.25, -0.2) is 17.7 Å². The molecule has 3 rings (SSSR count). The Balaban J connectivity index is 2.14. The Morgan fingerprint density at radius 2 is 2.00 bits per heavy atom. The van der Waals surface area contributed by atoms with Gasteiger partial charge in [-0.1, -0.05) is 6.07 Å². The molecule has 3 aromatic rings. The van der Waals surface area contributed by atoms with Gasteiger partial charge in [0.25, 0.3) is 10.0 Å². The quantitative estimate of drug-likeness (QED) is 0.709. The normalized spacial score (nSPS) is 11.6. The molecule has 0 aromatic carbocycles. The van der Waals surface area contributed by atoms with Gasteiger partial charge in [0.1, 0.15) is 16.5 Å². The van der Waals surface area contributed by atoms with Crippen molar-refractivity contribution in [2.75, 3.05) is 4.31 Å². The summed E-state index contributed by atoms with van der Waals surface area (Å²) in [6.45, 7) is 3.47. The third-order valence-electron chi connectivity index (χ3n) is 3.78. The predicted octanol–water partition coefficient (Wildman–Crippen LogP) is 2.42. The molecule has 0 aliphatic rings. The number of pyridine rings is 1. The fourth-order valence-electron chi connectivity index (χ4n) is 2.57. The Labute approximate surface area is 140 Å². The van der Waals surface area contributed by atoms with Crippen molar-refractivity contribution < 1.29 is 12.8 Å². The molecule has 3 aromatic heterocycles.